The largest absolute Gasteiger partial charge is 0.492 e. The van der Waals surface area contributed by atoms with E-state index >= 15 is 0 Å². The van der Waals surface area contributed by atoms with Crippen LogP contribution in [0, 0.1) is 0 Å². The van der Waals surface area contributed by atoms with Gasteiger partial charge in [0.1, 0.15) is 5.75 Å². The maximum atomic E-state index is 11.9. The number of amides is 1. The van der Waals surface area contributed by atoms with E-state index in [0.717, 1.165) is 4.47 Å². The molecule has 0 fully saturated rings. The molecule has 0 bridgehead atoms. The lowest BCUT2D eigenvalue weighted by Crippen LogP contribution is -2.36. The standard InChI is InChI=1S/C16H21BrClNO4/c1-3-12(10-16(21)22-2)19-15(20)5-4-8-23-14-7-6-11(17)9-13(14)18/h6-7,9,12H,3-5,8,10H2,1-2H3,(H,19,20). The second-order valence-electron chi connectivity index (χ2n) is 4.98. The summed E-state index contributed by atoms with van der Waals surface area (Å²) in [6.45, 7) is 2.30. The first-order valence-corrected chi connectivity index (χ1v) is 8.57. The van der Waals surface area contributed by atoms with Crippen LogP contribution in [0.3, 0.4) is 0 Å². The van der Waals surface area contributed by atoms with E-state index in [1.807, 2.05) is 13.0 Å². The summed E-state index contributed by atoms with van der Waals surface area (Å²) in [5, 5.41) is 3.34. The second kappa shape index (κ2) is 10.5. The zero-order valence-corrected chi connectivity index (χ0v) is 15.6. The van der Waals surface area contributed by atoms with E-state index in [9.17, 15) is 9.59 Å². The van der Waals surface area contributed by atoms with E-state index in [0.29, 0.717) is 36.6 Å². The lowest BCUT2D eigenvalue weighted by molar-refractivity contribution is -0.141. The zero-order valence-electron chi connectivity index (χ0n) is 13.2. The number of benzene rings is 1. The van der Waals surface area contributed by atoms with Gasteiger partial charge < -0.3 is 14.8 Å². The molecule has 0 heterocycles. The molecular weight excluding hydrogens is 386 g/mol. The summed E-state index contributed by atoms with van der Waals surface area (Å²) >= 11 is 9.37. The Morgan fingerprint density at radius 1 is 1.39 bits per heavy atom. The molecule has 1 unspecified atom stereocenters. The molecule has 23 heavy (non-hydrogen) atoms. The molecule has 0 saturated heterocycles. The van der Waals surface area contributed by atoms with Crippen LogP contribution < -0.4 is 10.1 Å². The number of methoxy groups -OCH3 is 1. The van der Waals surface area contributed by atoms with Crippen molar-refractivity contribution in [1.82, 2.24) is 5.32 Å². The van der Waals surface area contributed by atoms with Crippen LogP contribution in [0.1, 0.15) is 32.6 Å². The fourth-order valence-corrected chi connectivity index (χ4v) is 2.62. The van der Waals surface area contributed by atoms with Crippen molar-refractivity contribution < 1.29 is 19.1 Å². The van der Waals surface area contributed by atoms with Crippen LogP contribution in [0.5, 0.6) is 5.75 Å². The van der Waals surface area contributed by atoms with Crippen molar-refractivity contribution in [3.63, 3.8) is 0 Å². The van der Waals surface area contributed by atoms with E-state index in [4.69, 9.17) is 16.3 Å². The quantitative estimate of drug-likeness (QED) is 0.501. The molecule has 1 atom stereocenters. The van der Waals surface area contributed by atoms with Gasteiger partial charge in [-0.1, -0.05) is 34.5 Å². The molecule has 0 spiro atoms. The third-order valence-corrected chi connectivity index (χ3v) is 3.99. The Morgan fingerprint density at radius 2 is 2.13 bits per heavy atom. The molecule has 1 rings (SSSR count). The smallest absolute Gasteiger partial charge is 0.307 e. The van der Waals surface area contributed by atoms with Crippen molar-refractivity contribution in [1.29, 1.82) is 0 Å². The first kappa shape index (κ1) is 19.8. The lowest BCUT2D eigenvalue weighted by atomic mass is 10.1. The van der Waals surface area contributed by atoms with Gasteiger partial charge in [-0.05, 0) is 31.0 Å². The average molecular weight is 407 g/mol. The predicted molar refractivity (Wildman–Crippen MR) is 92.7 cm³/mol. The molecule has 1 N–H and O–H groups in total. The number of hydrogen-bond acceptors (Lipinski definition) is 4. The highest BCUT2D eigenvalue weighted by Gasteiger charge is 2.14. The monoisotopic (exact) mass is 405 g/mol. The van der Waals surface area contributed by atoms with Crippen molar-refractivity contribution in [2.75, 3.05) is 13.7 Å². The number of carbonyl (C=O) groups excluding carboxylic acids is 2. The first-order valence-electron chi connectivity index (χ1n) is 7.40. The minimum atomic E-state index is -0.328. The van der Waals surface area contributed by atoms with Crippen molar-refractivity contribution >= 4 is 39.4 Å². The summed E-state index contributed by atoms with van der Waals surface area (Å²) in [5.41, 5.74) is 0. The number of hydrogen-bond donors (Lipinski definition) is 1. The van der Waals surface area contributed by atoms with E-state index in [2.05, 4.69) is 26.0 Å². The Labute approximate surface area is 149 Å². The highest BCUT2D eigenvalue weighted by atomic mass is 79.9. The third kappa shape index (κ3) is 7.70. The van der Waals surface area contributed by atoms with Crippen LogP contribution in [-0.2, 0) is 14.3 Å². The molecule has 0 radical (unpaired) electrons. The maximum Gasteiger partial charge on any atom is 0.307 e. The van der Waals surface area contributed by atoms with Crippen LogP contribution in [0.2, 0.25) is 5.02 Å². The van der Waals surface area contributed by atoms with Crippen molar-refractivity contribution in [3.05, 3.63) is 27.7 Å². The van der Waals surface area contributed by atoms with Gasteiger partial charge in [0, 0.05) is 16.9 Å². The molecule has 128 valence electrons. The van der Waals surface area contributed by atoms with Gasteiger partial charge >= 0.3 is 5.97 Å². The van der Waals surface area contributed by atoms with Gasteiger partial charge in [-0.3, -0.25) is 9.59 Å². The molecule has 0 aliphatic heterocycles. The summed E-state index contributed by atoms with van der Waals surface area (Å²) in [5.74, 6) is 0.157. The molecule has 0 aromatic heterocycles. The SMILES string of the molecule is CCC(CC(=O)OC)NC(=O)CCCOc1ccc(Br)cc1Cl. The summed E-state index contributed by atoms with van der Waals surface area (Å²) in [6, 6.07) is 5.17. The lowest BCUT2D eigenvalue weighted by Gasteiger charge is -2.15. The fraction of sp³-hybridized carbons (Fsp3) is 0.500. The number of ether oxygens (including phenoxy) is 2. The number of rotatable bonds is 9. The Kier molecular flexibility index (Phi) is 9.02. The Morgan fingerprint density at radius 3 is 2.74 bits per heavy atom. The number of halogens is 2. The zero-order chi connectivity index (χ0) is 17.2. The molecule has 0 aliphatic carbocycles. The van der Waals surface area contributed by atoms with E-state index in [1.165, 1.54) is 7.11 Å². The normalized spacial score (nSPS) is 11.7. The van der Waals surface area contributed by atoms with Crippen molar-refractivity contribution in [2.45, 2.75) is 38.6 Å². The topological polar surface area (TPSA) is 64.6 Å². The number of carbonyl (C=O) groups is 2. The van der Waals surface area contributed by atoms with Crippen LogP contribution in [0.25, 0.3) is 0 Å². The number of esters is 1. The second-order valence-corrected chi connectivity index (χ2v) is 6.30. The average Bonchev–Trinajstić information content (AvgIpc) is 2.52. The van der Waals surface area contributed by atoms with Crippen LogP contribution in [0.4, 0.5) is 0 Å². The molecule has 1 amide bonds. The van der Waals surface area contributed by atoms with Crippen LogP contribution in [-0.4, -0.2) is 31.6 Å². The fourth-order valence-electron chi connectivity index (χ4n) is 1.89. The molecule has 7 heteroatoms. The van der Waals surface area contributed by atoms with Gasteiger partial charge in [-0.2, -0.15) is 0 Å². The Hall–Kier alpha value is -1.27. The summed E-state index contributed by atoms with van der Waals surface area (Å²) in [7, 11) is 1.33. The minimum absolute atomic E-state index is 0.105. The minimum Gasteiger partial charge on any atom is -0.492 e. The Bertz CT molecular complexity index is 539. The van der Waals surface area contributed by atoms with Gasteiger partial charge in [0.2, 0.25) is 5.91 Å². The van der Waals surface area contributed by atoms with Gasteiger partial charge in [0.25, 0.3) is 0 Å². The van der Waals surface area contributed by atoms with Crippen LogP contribution in [0.15, 0.2) is 22.7 Å². The predicted octanol–water partition coefficient (Wildman–Crippen LogP) is 3.72. The molecule has 1 aromatic rings. The van der Waals surface area contributed by atoms with Crippen LogP contribution >= 0.6 is 27.5 Å². The number of nitrogens with one attached hydrogen (secondary N) is 1. The van der Waals surface area contributed by atoms with Gasteiger partial charge in [0.05, 0.1) is 25.2 Å². The Balaban J connectivity index is 2.29. The van der Waals surface area contributed by atoms with Gasteiger partial charge in [0.15, 0.2) is 0 Å². The molecular formula is C16H21BrClNO4. The summed E-state index contributed by atoms with van der Waals surface area (Å²) in [4.78, 5) is 23.1. The molecule has 0 aliphatic rings. The molecule has 1 aromatic carbocycles. The first-order chi connectivity index (χ1) is 11.0. The van der Waals surface area contributed by atoms with Crippen molar-refractivity contribution in [3.8, 4) is 5.75 Å². The van der Waals surface area contributed by atoms with Gasteiger partial charge in [-0.25, -0.2) is 0 Å². The van der Waals surface area contributed by atoms with Crippen molar-refractivity contribution in [2.24, 2.45) is 0 Å². The van der Waals surface area contributed by atoms with E-state index in [1.54, 1.807) is 12.1 Å². The summed E-state index contributed by atoms with van der Waals surface area (Å²) < 4.78 is 11.0. The van der Waals surface area contributed by atoms with Gasteiger partial charge in [-0.15, -0.1) is 0 Å². The third-order valence-electron chi connectivity index (χ3n) is 3.20. The highest BCUT2D eigenvalue weighted by molar-refractivity contribution is 9.10. The van der Waals surface area contributed by atoms with E-state index in [-0.39, 0.29) is 24.3 Å². The maximum absolute atomic E-state index is 11.9. The molecule has 5 nitrogen and oxygen atoms in total. The molecule has 0 saturated carbocycles. The summed E-state index contributed by atoms with van der Waals surface area (Å²) in [6.07, 6.45) is 1.74. The highest BCUT2D eigenvalue weighted by Crippen LogP contribution is 2.27. The van der Waals surface area contributed by atoms with E-state index < -0.39 is 0 Å².